The Hall–Kier alpha value is -3.61. The van der Waals surface area contributed by atoms with Crippen molar-refractivity contribution >= 4 is 23.9 Å². The van der Waals surface area contributed by atoms with E-state index in [9.17, 15) is 9.59 Å². The van der Waals surface area contributed by atoms with Crippen molar-refractivity contribution in [3.05, 3.63) is 65.4 Å². The number of esters is 1. The lowest BCUT2D eigenvalue weighted by atomic mass is 10.2. The number of hydrogen-bond acceptors (Lipinski definition) is 6. The average Bonchev–Trinajstić information content (AvgIpc) is 3.01. The third-order valence-corrected chi connectivity index (χ3v) is 3.52. The first-order valence-corrected chi connectivity index (χ1v) is 7.73. The second-order valence-corrected chi connectivity index (χ2v) is 5.39. The summed E-state index contributed by atoms with van der Waals surface area (Å²) in [6.07, 6.45) is 1.61. The number of rotatable bonds is 6. The molecule has 0 bridgehead atoms. The molecule has 0 saturated carbocycles. The summed E-state index contributed by atoms with van der Waals surface area (Å²) in [4.78, 5) is 27.0. The highest BCUT2D eigenvalue weighted by Crippen LogP contribution is 2.21. The lowest BCUT2D eigenvalue weighted by molar-refractivity contribution is -0.130. The van der Waals surface area contributed by atoms with Gasteiger partial charge in [0.25, 0.3) is 5.91 Å². The predicted octanol–water partition coefficient (Wildman–Crippen LogP) is 1.90. The summed E-state index contributed by atoms with van der Waals surface area (Å²) in [6, 6.07) is 13.9. The maximum atomic E-state index is 12.0. The van der Waals surface area contributed by atoms with Gasteiger partial charge < -0.3 is 19.9 Å². The molecule has 0 unspecified atom stereocenters. The van der Waals surface area contributed by atoms with Crippen LogP contribution in [-0.4, -0.2) is 31.5 Å². The number of carbonyl (C=O) groups is 2. The minimum atomic E-state index is -0.551. The predicted molar refractivity (Wildman–Crippen MR) is 94.7 cm³/mol. The third-order valence-electron chi connectivity index (χ3n) is 3.52. The fraction of sp³-hybridized carbons (Fsp3) is 0.105. The van der Waals surface area contributed by atoms with Crippen molar-refractivity contribution < 1.29 is 23.8 Å². The van der Waals surface area contributed by atoms with E-state index in [0.717, 1.165) is 5.56 Å². The van der Waals surface area contributed by atoms with Gasteiger partial charge in [0, 0.05) is 5.56 Å². The zero-order valence-electron chi connectivity index (χ0n) is 14.0. The van der Waals surface area contributed by atoms with Crippen LogP contribution in [0.25, 0.3) is 6.08 Å². The first-order chi connectivity index (χ1) is 12.5. The highest BCUT2D eigenvalue weighted by atomic mass is 16.6. The van der Waals surface area contributed by atoms with Crippen molar-refractivity contribution in [2.45, 2.75) is 0 Å². The molecule has 0 spiro atoms. The summed E-state index contributed by atoms with van der Waals surface area (Å²) in [5.41, 5.74) is 6.64. The normalized spacial score (nSPS) is 14.7. The fourth-order valence-corrected chi connectivity index (χ4v) is 2.24. The van der Waals surface area contributed by atoms with Crippen LogP contribution in [0.3, 0.4) is 0 Å². The smallest absolute Gasteiger partial charge is 0.363 e. The number of ether oxygens (including phenoxy) is 3. The van der Waals surface area contributed by atoms with Crippen LogP contribution < -0.4 is 15.2 Å². The van der Waals surface area contributed by atoms with Crippen LogP contribution in [0.5, 0.6) is 11.5 Å². The second-order valence-electron chi connectivity index (χ2n) is 5.39. The van der Waals surface area contributed by atoms with Crippen LogP contribution >= 0.6 is 0 Å². The number of primary amides is 1. The number of methoxy groups -OCH3 is 1. The SMILES string of the molecule is COc1ccc(C2=N/C(=C/c3ccc(OCC(N)=O)cc3)C(=O)O2)cc1. The Balaban J connectivity index is 1.76. The Bertz CT molecular complexity index is 883. The van der Waals surface area contributed by atoms with E-state index < -0.39 is 11.9 Å². The number of amides is 1. The van der Waals surface area contributed by atoms with E-state index in [1.54, 1.807) is 61.7 Å². The molecule has 2 aromatic carbocycles. The van der Waals surface area contributed by atoms with Gasteiger partial charge in [0.05, 0.1) is 7.11 Å². The summed E-state index contributed by atoms with van der Waals surface area (Å²) in [6.45, 7) is -0.192. The van der Waals surface area contributed by atoms with Crippen molar-refractivity contribution in [3.63, 3.8) is 0 Å². The van der Waals surface area contributed by atoms with Gasteiger partial charge >= 0.3 is 5.97 Å². The molecule has 0 saturated heterocycles. The summed E-state index contributed by atoms with van der Waals surface area (Å²) in [7, 11) is 1.58. The Labute approximate surface area is 149 Å². The number of cyclic esters (lactones) is 1. The van der Waals surface area contributed by atoms with Gasteiger partial charge in [0.2, 0.25) is 5.90 Å². The molecule has 7 heteroatoms. The first-order valence-electron chi connectivity index (χ1n) is 7.73. The van der Waals surface area contributed by atoms with Crippen molar-refractivity contribution in [1.82, 2.24) is 0 Å². The minimum absolute atomic E-state index is 0.192. The van der Waals surface area contributed by atoms with Crippen LogP contribution in [-0.2, 0) is 14.3 Å². The molecular formula is C19H16N2O5. The molecule has 0 aliphatic carbocycles. The van der Waals surface area contributed by atoms with Crippen LogP contribution in [0.1, 0.15) is 11.1 Å². The minimum Gasteiger partial charge on any atom is -0.497 e. The number of carbonyl (C=O) groups excluding carboxylic acids is 2. The number of nitrogens with zero attached hydrogens (tertiary/aromatic N) is 1. The van der Waals surface area contributed by atoms with Gasteiger partial charge in [0.1, 0.15) is 11.5 Å². The molecular weight excluding hydrogens is 336 g/mol. The van der Waals surface area contributed by atoms with Gasteiger partial charge in [-0.15, -0.1) is 0 Å². The molecule has 0 aromatic heterocycles. The van der Waals surface area contributed by atoms with Crippen LogP contribution in [0.15, 0.2) is 59.2 Å². The molecule has 3 rings (SSSR count). The Morgan fingerprint density at radius 1 is 1.12 bits per heavy atom. The summed E-state index contributed by atoms with van der Waals surface area (Å²) in [5.74, 6) is 0.371. The number of nitrogens with two attached hydrogens (primary N) is 1. The average molecular weight is 352 g/mol. The molecule has 0 atom stereocenters. The van der Waals surface area contributed by atoms with Crippen LogP contribution in [0.4, 0.5) is 0 Å². The fourth-order valence-electron chi connectivity index (χ4n) is 2.24. The first kappa shape index (κ1) is 17.2. The zero-order chi connectivity index (χ0) is 18.5. The summed E-state index contributed by atoms with van der Waals surface area (Å²) < 4.78 is 15.5. The van der Waals surface area contributed by atoms with E-state index in [-0.39, 0.29) is 18.2 Å². The Morgan fingerprint density at radius 2 is 1.77 bits per heavy atom. The molecule has 2 N–H and O–H groups in total. The Kier molecular flexibility index (Phi) is 4.98. The van der Waals surface area contributed by atoms with Crippen LogP contribution in [0.2, 0.25) is 0 Å². The molecule has 1 heterocycles. The standard InChI is InChI=1S/C19H16N2O5/c1-24-14-8-4-13(5-9-14)18-21-16(19(23)26-18)10-12-2-6-15(7-3-12)25-11-17(20)22/h2-10H,11H2,1H3,(H2,20,22)/b16-10+. The topological polar surface area (TPSA) is 100 Å². The number of hydrogen-bond donors (Lipinski definition) is 1. The zero-order valence-corrected chi connectivity index (χ0v) is 14.0. The van der Waals surface area contributed by atoms with Gasteiger partial charge in [-0.25, -0.2) is 9.79 Å². The molecule has 1 amide bonds. The van der Waals surface area contributed by atoms with Gasteiger partial charge in [-0.1, -0.05) is 12.1 Å². The van der Waals surface area contributed by atoms with E-state index in [1.807, 2.05) is 0 Å². The van der Waals surface area contributed by atoms with Crippen molar-refractivity contribution in [2.75, 3.05) is 13.7 Å². The van der Waals surface area contributed by atoms with Gasteiger partial charge in [-0.3, -0.25) is 4.79 Å². The van der Waals surface area contributed by atoms with Crippen LogP contribution in [0, 0.1) is 0 Å². The van der Waals surface area contributed by atoms with Crippen molar-refractivity contribution in [1.29, 1.82) is 0 Å². The summed E-state index contributed by atoms with van der Waals surface area (Å²) >= 11 is 0. The maximum Gasteiger partial charge on any atom is 0.363 e. The third kappa shape index (κ3) is 4.07. The Morgan fingerprint density at radius 3 is 2.38 bits per heavy atom. The highest BCUT2D eigenvalue weighted by molar-refractivity contribution is 6.12. The van der Waals surface area contributed by atoms with Gasteiger partial charge in [0.15, 0.2) is 12.3 Å². The monoisotopic (exact) mass is 352 g/mol. The maximum absolute atomic E-state index is 12.0. The molecule has 0 fully saturated rings. The lowest BCUT2D eigenvalue weighted by Gasteiger charge is -2.03. The van der Waals surface area contributed by atoms with E-state index in [1.165, 1.54) is 0 Å². The molecule has 0 radical (unpaired) electrons. The van der Waals surface area contributed by atoms with E-state index >= 15 is 0 Å². The largest absolute Gasteiger partial charge is 0.497 e. The lowest BCUT2D eigenvalue weighted by Crippen LogP contribution is -2.19. The van der Waals surface area contributed by atoms with E-state index in [2.05, 4.69) is 4.99 Å². The van der Waals surface area contributed by atoms with Gasteiger partial charge in [-0.05, 0) is 48.0 Å². The molecule has 1 aliphatic heterocycles. The van der Waals surface area contributed by atoms with Gasteiger partial charge in [-0.2, -0.15) is 0 Å². The molecule has 26 heavy (non-hydrogen) atoms. The number of aliphatic imine (C=N–C) groups is 1. The number of benzene rings is 2. The van der Waals surface area contributed by atoms with E-state index in [4.69, 9.17) is 19.9 Å². The van der Waals surface area contributed by atoms with Crippen molar-refractivity contribution in [2.24, 2.45) is 10.7 Å². The molecule has 132 valence electrons. The van der Waals surface area contributed by atoms with Crippen molar-refractivity contribution in [3.8, 4) is 11.5 Å². The quantitative estimate of drug-likeness (QED) is 0.632. The summed E-state index contributed by atoms with van der Waals surface area (Å²) in [5, 5.41) is 0. The highest BCUT2D eigenvalue weighted by Gasteiger charge is 2.24. The molecule has 2 aromatic rings. The molecule has 7 nitrogen and oxygen atoms in total. The second kappa shape index (κ2) is 7.52. The molecule has 1 aliphatic rings. The van der Waals surface area contributed by atoms with E-state index in [0.29, 0.717) is 17.1 Å².